The van der Waals surface area contributed by atoms with E-state index >= 15 is 0 Å². The van der Waals surface area contributed by atoms with Crippen molar-refractivity contribution in [3.8, 4) is 5.75 Å². The van der Waals surface area contributed by atoms with Gasteiger partial charge in [0.05, 0.1) is 29.2 Å². The first kappa shape index (κ1) is 17.2. The highest BCUT2D eigenvalue weighted by Gasteiger charge is 2.25. The molecule has 2 rings (SSSR count). The molecule has 0 spiro atoms. The molecule has 1 aliphatic heterocycles. The van der Waals surface area contributed by atoms with Crippen LogP contribution < -0.4 is 10.1 Å². The van der Waals surface area contributed by atoms with Crippen LogP contribution in [0, 0.1) is 16.0 Å². The minimum absolute atomic E-state index is 0.00298. The third-order valence-corrected chi connectivity index (χ3v) is 5.53. The number of hydrogen-bond acceptors (Lipinski definition) is 6. The molecular weight excluding hydrogens is 324 g/mol. The number of carbonyl (C=O) groups excluding carboxylic acids is 1. The molecule has 0 atom stereocenters. The standard InChI is InChI=1S/C14H18N2O6S/c1-22-13-3-2-11(16(18)19)9-12(13)15-14(17)8-10-4-6-23(20,21)7-5-10/h2-3,9-10H,4-8H2,1H3,(H,15,17). The van der Waals surface area contributed by atoms with Gasteiger partial charge in [0.1, 0.15) is 15.6 Å². The Morgan fingerprint density at radius 1 is 1.39 bits per heavy atom. The fourth-order valence-electron chi connectivity index (χ4n) is 2.51. The van der Waals surface area contributed by atoms with Gasteiger partial charge in [0.2, 0.25) is 5.91 Å². The highest BCUT2D eigenvalue weighted by molar-refractivity contribution is 7.91. The molecule has 0 aromatic heterocycles. The zero-order chi connectivity index (χ0) is 17.0. The zero-order valence-corrected chi connectivity index (χ0v) is 13.5. The molecule has 1 heterocycles. The van der Waals surface area contributed by atoms with Gasteiger partial charge in [0, 0.05) is 18.6 Å². The maximum Gasteiger partial charge on any atom is 0.271 e. The Morgan fingerprint density at radius 2 is 2.04 bits per heavy atom. The van der Waals surface area contributed by atoms with E-state index in [0.717, 1.165) is 0 Å². The number of carbonyl (C=O) groups is 1. The Balaban J connectivity index is 2.02. The summed E-state index contributed by atoms with van der Waals surface area (Å²) in [6, 6.07) is 3.95. The van der Waals surface area contributed by atoms with Crippen molar-refractivity contribution in [3.05, 3.63) is 28.3 Å². The molecular formula is C14H18N2O6S. The van der Waals surface area contributed by atoms with E-state index in [9.17, 15) is 23.3 Å². The van der Waals surface area contributed by atoms with Crippen molar-refractivity contribution >= 4 is 27.1 Å². The summed E-state index contributed by atoms with van der Waals surface area (Å²) in [5, 5.41) is 13.4. The molecule has 23 heavy (non-hydrogen) atoms. The van der Waals surface area contributed by atoms with Crippen molar-refractivity contribution in [1.82, 2.24) is 0 Å². The van der Waals surface area contributed by atoms with E-state index in [1.165, 1.54) is 25.3 Å². The second-order valence-corrected chi connectivity index (χ2v) is 7.79. The highest BCUT2D eigenvalue weighted by Crippen LogP contribution is 2.30. The number of hydrogen-bond donors (Lipinski definition) is 1. The molecule has 0 aliphatic carbocycles. The van der Waals surface area contributed by atoms with E-state index in [2.05, 4.69) is 5.32 Å². The molecule has 0 radical (unpaired) electrons. The quantitative estimate of drug-likeness (QED) is 0.644. The minimum Gasteiger partial charge on any atom is -0.495 e. The van der Waals surface area contributed by atoms with E-state index in [4.69, 9.17) is 4.74 Å². The molecule has 1 amide bonds. The number of nitro groups is 1. The first-order chi connectivity index (χ1) is 10.8. The highest BCUT2D eigenvalue weighted by atomic mass is 32.2. The monoisotopic (exact) mass is 342 g/mol. The summed E-state index contributed by atoms with van der Waals surface area (Å²) in [6.45, 7) is 0. The van der Waals surface area contributed by atoms with Crippen molar-refractivity contribution in [2.24, 2.45) is 5.92 Å². The number of rotatable bonds is 5. The van der Waals surface area contributed by atoms with Gasteiger partial charge < -0.3 is 10.1 Å². The van der Waals surface area contributed by atoms with Crippen LogP contribution in [-0.2, 0) is 14.6 Å². The van der Waals surface area contributed by atoms with Gasteiger partial charge in [0.15, 0.2) is 0 Å². The largest absolute Gasteiger partial charge is 0.495 e. The maximum atomic E-state index is 12.1. The maximum absolute atomic E-state index is 12.1. The molecule has 1 aromatic carbocycles. The predicted octanol–water partition coefficient (Wildman–Crippen LogP) is 1.76. The number of ether oxygens (including phenoxy) is 1. The molecule has 0 bridgehead atoms. The second-order valence-electron chi connectivity index (χ2n) is 5.49. The van der Waals surface area contributed by atoms with Gasteiger partial charge in [-0.25, -0.2) is 8.42 Å². The van der Waals surface area contributed by atoms with Crippen LogP contribution in [0.1, 0.15) is 19.3 Å². The number of nitro benzene ring substituents is 1. The summed E-state index contributed by atoms with van der Waals surface area (Å²) in [6.07, 6.45) is 1.10. The van der Waals surface area contributed by atoms with E-state index in [-0.39, 0.29) is 41.1 Å². The van der Waals surface area contributed by atoms with Crippen LogP contribution in [0.4, 0.5) is 11.4 Å². The third-order valence-electron chi connectivity index (χ3n) is 3.82. The lowest BCUT2D eigenvalue weighted by Gasteiger charge is -2.21. The number of anilines is 1. The zero-order valence-electron chi connectivity index (χ0n) is 12.6. The molecule has 126 valence electrons. The van der Waals surface area contributed by atoms with Crippen LogP contribution in [0.5, 0.6) is 5.75 Å². The number of sulfone groups is 1. The van der Waals surface area contributed by atoms with Gasteiger partial charge in [0.25, 0.3) is 5.69 Å². The number of methoxy groups -OCH3 is 1. The average molecular weight is 342 g/mol. The van der Waals surface area contributed by atoms with Gasteiger partial charge in [-0.3, -0.25) is 14.9 Å². The van der Waals surface area contributed by atoms with Gasteiger partial charge in [-0.05, 0) is 24.8 Å². The van der Waals surface area contributed by atoms with Crippen molar-refractivity contribution in [2.75, 3.05) is 23.9 Å². The second kappa shape index (κ2) is 6.95. The summed E-state index contributed by atoms with van der Waals surface area (Å²) in [5.74, 6) is 0.224. The van der Waals surface area contributed by atoms with Crippen LogP contribution in [-0.4, -0.2) is 37.9 Å². The molecule has 1 aliphatic rings. The van der Waals surface area contributed by atoms with Crippen molar-refractivity contribution in [1.29, 1.82) is 0 Å². The first-order valence-electron chi connectivity index (χ1n) is 7.13. The number of nitrogens with zero attached hydrogens (tertiary/aromatic N) is 1. The fraction of sp³-hybridized carbons (Fsp3) is 0.500. The van der Waals surface area contributed by atoms with E-state index < -0.39 is 14.8 Å². The molecule has 1 saturated heterocycles. The van der Waals surface area contributed by atoms with Crippen molar-refractivity contribution < 1.29 is 22.9 Å². The summed E-state index contributed by atoms with van der Waals surface area (Å²) in [5.41, 5.74) is 0.0833. The Labute approximate surface area is 133 Å². The van der Waals surface area contributed by atoms with Gasteiger partial charge in [-0.2, -0.15) is 0 Å². The van der Waals surface area contributed by atoms with E-state index in [1.54, 1.807) is 0 Å². The smallest absolute Gasteiger partial charge is 0.271 e. The summed E-state index contributed by atoms with van der Waals surface area (Å²) < 4.78 is 27.8. The Morgan fingerprint density at radius 3 is 2.61 bits per heavy atom. The normalized spacial score (nSPS) is 17.4. The topological polar surface area (TPSA) is 116 Å². The lowest BCUT2D eigenvalue weighted by atomic mass is 9.98. The van der Waals surface area contributed by atoms with Crippen molar-refractivity contribution in [2.45, 2.75) is 19.3 Å². The molecule has 0 unspecified atom stereocenters. The van der Waals surface area contributed by atoms with Crippen LogP contribution in [0.25, 0.3) is 0 Å². The number of non-ortho nitro benzene ring substituents is 1. The molecule has 8 nitrogen and oxygen atoms in total. The lowest BCUT2D eigenvalue weighted by Crippen LogP contribution is -2.26. The molecule has 1 N–H and O–H groups in total. The summed E-state index contributed by atoms with van der Waals surface area (Å²) >= 11 is 0. The van der Waals surface area contributed by atoms with Crippen LogP contribution in [0.3, 0.4) is 0 Å². The number of benzene rings is 1. The average Bonchev–Trinajstić information content (AvgIpc) is 2.49. The molecule has 1 fully saturated rings. The first-order valence-corrected chi connectivity index (χ1v) is 8.95. The summed E-state index contributed by atoms with van der Waals surface area (Å²) in [4.78, 5) is 22.4. The van der Waals surface area contributed by atoms with E-state index in [1.807, 2.05) is 0 Å². The summed E-state index contributed by atoms with van der Waals surface area (Å²) in [7, 11) is -1.56. The van der Waals surface area contributed by atoms with Crippen molar-refractivity contribution in [3.63, 3.8) is 0 Å². The lowest BCUT2D eigenvalue weighted by molar-refractivity contribution is -0.384. The SMILES string of the molecule is COc1ccc([N+](=O)[O-])cc1NC(=O)CC1CCS(=O)(=O)CC1. The van der Waals surface area contributed by atoms with E-state index in [0.29, 0.717) is 18.6 Å². The van der Waals surface area contributed by atoms with Crippen LogP contribution in [0.15, 0.2) is 18.2 Å². The number of amides is 1. The van der Waals surface area contributed by atoms with Gasteiger partial charge in [-0.1, -0.05) is 0 Å². The van der Waals surface area contributed by atoms with Crippen LogP contribution >= 0.6 is 0 Å². The third kappa shape index (κ3) is 4.65. The number of nitrogens with one attached hydrogen (secondary N) is 1. The molecule has 0 saturated carbocycles. The van der Waals surface area contributed by atoms with Gasteiger partial charge in [-0.15, -0.1) is 0 Å². The Bertz CT molecular complexity index is 702. The van der Waals surface area contributed by atoms with Gasteiger partial charge >= 0.3 is 0 Å². The molecule has 9 heteroatoms. The Kier molecular flexibility index (Phi) is 5.19. The predicted molar refractivity (Wildman–Crippen MR) is 84.3 cm³/mol. The minimum atomic E-state index is -2.96. The fourth-order valence-corrected chi connectivity index (χ4v) is 4.10. The Hall–Kier alpha value is -2.16. The van der Waals surface area contributed by atoms with Crippen LogP contribution in [0.2, 0.25) is 0 Å². The molecule has 1 aromatic rings.